The average Bonchev–Trinajstić information content (AvgIpc) is 3.20. The van der Waals surface area contributed by atoms with Crippen molar-refractivity contribution in [3.63, 3.8) is 0 Å². The SMILES string of the molecule is CCN(CC)CCn1c(NC(=O)c2ccc(Cl)s2)nc2ccccc21. The molecule has 2 heterocycles. The predicted octanol–water partition coefficient (Wildman–Crippen LogP) is 4.35. The molecule has 0 atom stereocenters. The lowest BCUT2D eigenvalue weighted by Crippen LogP contribution is -2.27. The number of aromatic nitrogens is 2. The number of thiophene rings is 1. The van der Waals surface area contributed by atoms with Crippen molar-refractivity contribution in [3.8, 4) is 0 Å². The molecule has 132 valence electrons. The molecule has 5 nitrogen and oxygen atoms in total. The van der Waals surface area contributed by atoms with Crippen LogP contribution in [0.4, 0.5) is 5.95 Å². The third kappa shape index (κ3) is 4.03. The number of anilines is 1. The minimum atomic E-state index is -0.184. The third-order valence-electron chi connectivity index (χ3n) is 4.21. The van der Waals surface area contributed by atoms with Gasteiger partial charge in [0.25, 0.3) is 5.91 Å². The largest absolute Gasteiger partial charge is 0.309 e. The number of likely N-dealkylation sites (N-methyl/N-ethyl adjacent to an activating group) is 1. The van der Waals surface area contributed by atoms with Crippen molar-refractivity contribution >= 4 is 45.8 Å². The van der Waals surface area contributed by atoms with E-state index in [1.807, 2.05) is 24.3 Å². The summed E-state index contributed by atoms with van der Waals surface area (Å²) in [6.07, 6.45) is 0. The van der Waals surface area contributed by atoms with Crippen molar-refractivity contribution in [3.05, 3.63) is 45.6 Å². The molecule has 25 heavy (non-hydrogen) atoms. The van der Waals surface area contributed by atoms with Crippen molar-refractivity contribution in [1.82, 2.24) is 14.5 Å². The van der Waals surface area contributed by atoms with Crippen LogP contribution in [0.25, 0.3) is 11.0 Å². The summed E-state index contributed by atoms with van der Waals surface area (Å²) in [5.41, 5.74) is 1.90. The standard InChI is InChI=1S/C18H21ClN4OS/c1-3-22(4-2)11-12-23-14-8-6-5-7-13(14)20-18(23)21-17(24)15-9-10-16(19)25-15/h5-10H,3-4,11-12H2,1-2H3,(H,20,21,24). The summed E-state index contributed by atoms with van der Waals surface area (Å²) >= 11 is 7.19. The van der Waals surface area contributed by atoms with Crippen LogP contribution in [0, 0.1) is 0 Å². The molecule has 3 aromatic rings. The van der Waals surface area contributed by atoms with Crippen molar-refractivity contribution < 1.29 is 4.79 Å². The van der Waals surface area contributed by atoms with E-state index in [0.717, 1.165) is 37.2 Å². The first kappa shape index (κ1) is 17.9. The van der Waals surface area contributed by atoms with E-state index in [2.05, 4.69) is 33.6 Å². The van der Waals surface area contributed by atoms with Gasteiger partial charge in [-0.05, 0) is 37.4 Å². The van der Waals surface area contributed by atoms with Crippen LogP contribution in [0.3, 0.4) is 0 Å². The molecule has 0 aliphatic heterocycles. The van der Waals surface area contributed by atoms with Gasteiger partial charge in [-0.2, -0.15) is 0 Å². The topological polar surface area (TPSA) is 50.2 Å². The van der Waals surface area contributed by atoms with E-state index in [0.29, 0.717) is 15.2 Å². The molecule has 0 unspecified atom stereocenters. The van der Waals surface area contributed by atoms with E-state index in [-0.39, 0.29) is 5.91 Å². The second kappa shape index (κ2) is 7.99. The molecule has 1 aromatic carbocycles. The van der Waals surface area contributed by atoms with Crippen molar-refractivity contribution in [2.45, 2.75) is 20.4 Å². The molecule has 0 bridgehead atoms. The van der Waals surface area contributed by atoms with E-state index in [1.54, 1.807) is 12.1 Å². The van der Waals surface area contributed by atoms with Crippen LogP contribution in [0.15, 0.2) is 36.4 Å². The Kier molecular flexibility index (Phi) is 5.73. The minimum absolute atomic E-state index is 0.184. The number of hydrogen-bond donors (Lipinski definition) is 1. The summed E-state index contributed by atoms with van der Waals surface area (Å²) in [6.45, 7) is 7.97. The number of nitrogens with one attached hydrogen (secondary N) is 1. The summed E-state index contributed by atoms with van der Waals surface area (Å²) in [4.78, 5) is 20.0. The Balaban J connectivity index is 1.88. The highest BCUT2D eigenvalue weighted by molar-refractivity contribution is 7.18. The van der Waals surface area contributed by atoms with Crippen LogP contribution in [-0.4, -0.2) is 40.0 Å². The third-order valence-corrected chi connectivity index (χ3v) is 5.44. The first-order chi connectivity index (χ1) is 12.1. The molecule has 3 rings (SSSR count). The Hall–Kier alpha value is -1.89. The first-order valence-corrected chi connectivity index (χ1v) is 9.56. The molecule has 0 aliphatic carbocycles. The second-order valence-corrected chi connectivity index (χ2v) is 7.38. The highest BCUT2D eigenvalue weighted by Crippen LogP contribution is 2.24. The lowest BCUT2D eigenvalue weighted by Gasteiger charge is -2.19. The Morgan fingerprint density at radius 2 is 2.00 bits per heavy atom. The molecule has 1 amide bonds. The van der Waals surface area contributed by atoms with Gasteiger partial charge in [0.1, 0.15) is 0 Å². The van der Waals surface area contributed by atoms with Crippen molar-refractivity contribution in [2.24, 2.45) is 0 Å². The Bertz CT molecular complexity index is 869. The van der Waals surface area contributed by atoms with Crippen molar-refractivity contribution in [1.29, 1.82) is 0 Å². The number of carbonyl (C=O) groups excluding carboxylic acids is 1. The number of carbonyl (C=O) groups is 1. The number of benzene rings is 1. The fourth-order valence-corrected chi connectivity index (χ4v) is 3.72. The fraction of sp³-hybridized carbons (Fsp3) is 0.333. The summed E-state index contributed by atoms with van der Waals surface area (Å²) in [5.74, 6) is 0.388. The van der Waals surface area contributed by atoms with Crippen LogP contribution in [-0.2, 0) is 6.54 Å². The zero-order valence-electron chi connectivity index (χ0n) is 14.3. The number of nitrogens with zero attached hydrogens (tertiary/aromatic N) is 3. The zero-order chi connectivity index (χ0) is 17.8. The number of fused-ring (bicyclic) bond motifs is 1. The van der Waals surface area contributed by atoms with Gasteiger partial charge in [-0.3, -0.25) is 10.1 Å². The molecule has 0 spiro atoms. The average molecular weight is 377 g/mol. The van der Waals surface area contributed by atoms with Crippen LogP contribution >= 0.6 is 22.9 Å². The van der Waals surface area contributed by atoms with Crippen LogP contribution < -0.4 is 5.32 Å². The normalized spacial score (nSPS) is 11.4. The molecular formula is C18H21ClN4OS. The molecule has 0 fully saturated rings. The Labute approximate surface area is 156 Å². The van der Waals surface area contributed by atoms with E-state index in [1.165, 1.54) is 11.3 Å². The van der Waals surface area contributed by atoms with Crippen LogP contribution in [0.2, 0.25) is 4.34 Å². The van der Waals surface area contributed by atoms with Gasteiger partial charge in [-0.1, -0.05) is 37.6 Å². The Morgan fingerprint density at radius 3 is 2.68 bits per heavy atom. The molecule has 7 heteroatoms. The fourth-order valence-electron chi connectivity index (χ4n) is 2.78. The molecule has 2 aromatic heterocycles. The van der Waals surface area contributed by atoms with Crippen LogP contribution in [0.1, 0.15) is 23.5 Å². The lowest BCUT2D eigenvalue weighted by atomic mass is 10.3. The van der Waals surface area contributed by atoms with Gasteiger partial charge in [-0.25, -0.2) is 4.98 Å². The number of para-hydroxylation sites is 2. The molecule has 0 saturated heterocycles. The lowest BCUT2D eigenvalue weighted by molar-refractivity contribution is 0.102. The minimum Gasteiger partial charge on any atom is -0.309 e. The highest BCUT2D eigenvalue weighted by atomic mass is 35.5. The zero-order valence-corrected chi connectivity index (χ0v) is 15.9. The van der Waals surface area contributed by atoms with Gasteiger partial charge < -0.3 is 9.47 Å². The molecule has 0 saturated carbocycles. The summed E-state index contributed by atoms with van der Waals surface area (Å²) in [7, 11) is 0. The summed E-state index contributed by atoms with van der Waals surface area (Å²) < 4.78 is 2.67. The van der Waals surface area contributed by atoms with E-state index >= 15 is 0 Å². The maximum Gasteiger partial charge on any atom is 0.268 e. The number of hydrogen-bond acceptors (Lipinski definition) is 4. The summed E-state index contributed by atoms with van der Waals surface area (Å²) in [5, 5.41) is 2.94. The molecule has 0 radical (unpaired) electrons. The molecular weight excluding hydrogens is 356 g/mol. The van der Waals surface area contributed by atoms with E-state index < -0.39 is 0 Å². The number of imidazole rings is 1. The van der Waals surface area contributed by atoms with Crippen LogP contribution in [0.5, 0.6) is 0 Å². The van der Waals surface area contributed by atoms with Crippen molar-refractivity contribution in [2.75, 3.05) is 25.0 Å². The quantitative estimate of drug-likeness (QED) is 0.667. The number of rotatable bonds is 7. The van der Waals surface area contributed by atoms with Gasteiger partial charge in [0, 0.05) is 13.1 Å². The number of halogens is 1. The first-order valence-electron chi connectivity index (χ1n) is 8.36. The van der Waals surface area contributed by atoms with E-state index in [4.69, 9.17) is 11.6 Å². The highest BCUT2D eigenvalue weighted by Gasteiger charge is 2.16. The maximum atomic E-state index is 12.5. The van der Waals surface area contributed by atoms with Gasteiger partial charge in [0.15, 0.2) is 0 Å². The van der Waals surface area contributed by atoms with Gasteiger partial charge in [0.2, 0.25) is 5.95 Å². The maximum absolute atomic E-state index is 12.5. The monoisotopic (exact) mass is 376 g/mol. The van der Waals surface area contributed by atoms with E-state index in [9.17, 15) is 4.79 Å². The van der Waals surface area contributed by atoms with Gasteiger partial charge >= 0.3 is 0 Å². The number of amides is 1. The smallest absolute Gasteiger partial charge is 0.268 e. The predicted molar refractivity (Wildman–Crippen MR) is 105 cm³/mol. The Morgan fingerprint density at radius 1 is 1.24 bits per heavy atom. The van der Waals surface area contributed by atoms with Gasteiger partial charge in [0.05, 0.1) is 20.2 Å². The molecule has 0 aliphatic rings. The van der Waals surface area contributed by atoms with Gasteiger partial charge in [-0.15, -0.1) is 11.3 Å². The summed E-state index contributed by atoms with van der Waals surface area (Å²) in [6, 6.07) is 11.4. The molecule has 1 N–H and O–H groups in total. The second-order valence-electron chi connectivity index (χ2n) is 5.66.